The van der Waals surface area contributed by atoms with Crippen LogP contribution < -0.4 is 0 Å². The SMILES string of the molecule is CC.Cc1n[nH]ccc1=S. The molecule has 0 aliphatic carbocycles. The molecule has 0 fully saturated rings. The van der Waals surface area contributed by atoms with Crippen LogP contribution in [0.25, 0.3) is 0 Å². The normalized spacial score (nSPS) is 7.90. The molecule has 56 valence electrons. The highest BCUT2D eigenvalue weighted by molar-refractivity contribution is 7.71. The molecule has 0 aliphatic heterocycles. The van der Waals surface area contributed by atoms with Gasteiger partial charge in [-0.05, 0) is 13.0 Å². The molecule has 0 unspecified atom stereocenters. The van der Waals surface area contributed by atoms with Crippen molar-refractivity contribution in [2.24, 2.45) is 0 Å². The lowest BCUT2D eigenvalue weighted by molar-refractivity contribution is 0.975. The van der Waals surface area contributed by atoms with Crippen LogP contribution in [0.5, 0.6) is 0 Å². The fourth-order valence-electron chi connectivity index (χ4n) is 0.423. The quantitative estimate of drug-likeness (QED) is 0.584. The minimum absolute atomic E-state index is 0.809. The lowest BCUT2D eigenvalue weighted by atomic mass is 10.4. The zero-order valence-electron chi connectivity index (χ0n) is 6.51. The Kier molecular flexibility index (Phi) is 4.76. The number of aromatic nitrogens is 2. The fourth-order valence-corrected chi connectivity index (χ4v) is 0.536. The molecule has 3 heteroatoms. The standard InChI is InChI=1S/C5H6N2S.C2H6/c1-4-5(8)2-3-6-7-4;1-2/h2-3H,1H3,(H,6,8);1-2H3. The van der Waals surface area contributed by atoms with Gasteiger partial charge in [0.15, 0.2) is 0 Å². The Bertz CT molecular complexity index is 229. The molecule has 1 rings (SSSR count). The minimum Gasteiger partial charge on any atom is -0.285 e. The summed E-state index contributed by atoms with van der Waals surface area (Å²) in [5.74, 6) is 0. The van der Waals surface area contributed by atoms with Gasteiger partial charge in [0.05, 0.1) is 10.2 Å². The van der Waals surface area contributed by atoms with Gasteiger partial charge in [-0.2, -0.15) is 5.10 Å². The van der Waals surface area contributed by atoms with E-state index < -0.39 is 0 Å². The van der Waals surface area contributed by atoms with Crippen molar-refractivity contribution in [3.05, 3.63) is 22.5 Å². The van der Waals surface area contributed by atoms with Gasteiger partial charge >= 0.3 is 0 Å². The van der Waals surface area contributed by atoms with Crippen LogP contribution in [0.3, 0.4) is 0 Å². The molecule has 0 bridgehead atoms. The van der Waals surface area contributed by atoms with Crippen LogP contribution in [0, 0.1) is 11.4 Å². The van der Waals surface area contributed by atoms with Gasteiger partial charge < -0.3 is 0 Å². The molecule has 1 aromatic rings. The second-order valence-corrected chi connectivity index (χ2v) is 1.96. The molecule has 10 heavy (non-hydrogen) atoms. The van der Waals surface area contributed by atoms with Gasteiger partial charge in [0.1, 0.15) is 0 Å². The van der Waals surface area contributed by atoms with Gasteiger partial charge in [0.25, 0.3) is 0 Å². The second-order valence-electron chi connectivity index (χ2n) is 1.52. The zero-order valence-corrected chi connectivity index (χ0v) is 7.33. The molecular weight excluding hydrogens is 144 g/mol. The molecule has 0 amide bonds. The lowest BCUT2D eigenvalue weighted by Crippen LogP contribution is -1.82. The topological polar surface area (TPSA) is 28.7 Å². The van der Waals surface area contributed by atoms with E-state index in [1.807, 2.05) is 26.8 Å². The van der Waals surface area contributed by atoms with Crippen LogP contribution >= 0.6 is 12.2 Å². The van der Waals surface area contributed by atoms with Crippen LogP contribution in [-0.4, -0.2) is 10.2 Å². The first-order valence-electron chi connectivity index (χ1n) is 3.31. The van der Waals surface area contributed by atoms with Crippen molar-refractivity contribution in [1.82, 2.24) is 10.2 Å². The van der Waals surface area contributed by atoms with Gasteiger partial charge in [-0.25, -0.2) is 0 Å². The zero-order chi connectivity index (χ0) is 7.98. The maximum atomic E-state index is 4.87. The van der Waals surface area contributed by atoms with Crippen LogP contribution in [0.2, 0.25) is 0 Å². The van der Waals surface area contributed by atoms with Crippen molar-refractivity contribution in [3.8, 4) is 0 Å². The molecule has 1 aromatic heterocycles. The summed E-state index contributed by atoms with van der Waals surface area (Å²) >= 11 is 4.87. The summed E-state index contributed by atoms with van der Waals surface area (Å²) in [4.78, 5) is 0. The van der Waals surface area contributed by atoms with E-state index >= 15 is 0 Å². The van der Waals surface area contributed by atoms with Gasteiger partial charge in [-0.1, -0.05) is 26.1 Å². The monoisotopic (exact) mass is 156 g/mol. The van der Waals surface area contributed by atoms with E-state index in [2.05, 4.69) is 10.2 Å². The summed E-state index contributed by atoms with van der Waals surface area (Å²) in [7, 11) is 0. The third-order valence-corrected chi connectivity index (χ3v) is 1.33. The number of rotatable bonds is 0. The average molecular weight is 156 g/mol. The molecule has 0 spiro atoms. The van der Waals surface area contributed by atoms with E-state index in [1.54, 1.807) is 6.20 Å². The third kappa shape index (κ3) is 2.73. The Balaban J connectivity index is 0.000000371. The summed E-state index contributed by atoms with van der Waals surface area (Å²) in [6.45, 7) is 5.87. The number of nitrogens with one attached hydrogen (secondary N) is 1. The number of nitrogens with zero attached hydrogens (tertiary/aromatic N) is 1. The van der Waals surface area contributed by atoms with Gasteiger partial charge in [0, 0.05) is 6.20 Å². The maximum Gasteiger partial charge on any atom is 0.0756 e. The molecule has 0 atom stereocenters. The summed E-state index contributed by atoms with van der Waals surface area (Å²) in [6, 6.07) is 1.82. The van der Waals surface area contributed by atoms with E-state index in [-0.39, 0.29) is 0 Å². The van der Waals surface area contributed by atoms with Crippen LogP contribution in [0.15, 0.2) is 12.3 Å². The first-order chi connectivity index (χ1) is 4.80. The van der Waals surface area contributed by atoms with E-state index in [9.17, 15) is 0 Å². The first kappa shape index (κ1) is 9.30. The highest BCUT2D eigenvalue weighted by Gasteiger charge is 1.81. The Morgan fingerprint density at radius 2 is 2.10 bits per heavy atom. The molecule has 0 radical (unpaired) electrons. The molecule has 2 nitrogen and oxygen atoms in total. The molecular formula is C7H12N2S. The fraction of sp³-hybridized carbons (Fsp3) is 0.429. The highest BCUT2D eigenvalue weighted by atomic mass is 32.1. The van der Waals surface area contributed by atoms with E-state index in [0.29, 0.717) is 0 Å². The highest BCUT2D eigenvalue weighted by Crippen LogP contribution is 1.90. The second kappa shape index (κ2) is 5.11. The molecule has 0 aliphatic rings. The summed E-state index contributed by atoms with van der Waals surface area (Å²) in [5.41, 5.74) is 0.877. The smallest absolute Gasteiger partial charge is 0.0756 e. The maximum absolute atomic E-state index is 4.87. The van der Waals surface area contributed by atoms with E-state index in [4.69, 9.17) is 12.2 Å². The number of aromatic amines is 1. The van der Waals surface area contributed by atoms with Crippen molar-refractivity contribution in [1.29, 1.82) is 0 Å². The van der Waals surface area contributed by atoms with Crippen molar-refractivity contribution >= 4 is 12.2 Å². The summed E-state index contributed by atoms with van der Waals surface area (Å²) in [5, 5.41) is 6.53. The number of hydrogen-bond acceptors (Lipinski definition) is 2. The van der Waals surface area contributed by atoms with Crippen LogP contribution in [0.1, 0.15) is 19.5 Å². The molecule has 0 saturated carbocycles. The van der Waals surface area contributed by atoms with Crippen molar-refractivity contribution in [3.63, 3.8) is 0 Å². The Labute approximate surface area is 66.3 Å². The van der Waals surface area contributed by atoms with E-state index in [0.717, 1.165) is 10.2 Å². The molecule has 1 heterocycles. The Hall–Kier alpha value is -0.700. The Morgan fingerprint density at radius 3 is 2.40 bits per heavy atom. The average Bonchev–Trinajstić information content (AvgIpc) is 2.00. The summed E-state index contributed by atoms with van der Waals surface area (Å²) < 4.78 is 0.809. The van der Waals surface area contributed by atoms with Crippen molar-refractivity contribution < 1.29 is 0 Å². The van der Waals surface area contributed by atoms with Crippen molar-refractivity contribution in [2.45, 2.75) is 20.8 Å². The first-order valence-corrected chi connectivity index (χ1v) is 3.72. The molecule has 0 saturated heterocycles. The number of H-pyrrole nitrogens is 1. The number of hydrogen-bond donors (Lipinski definition) is 1. The molecule has 0 aromatic carbocycles. The van der Waals surface area contributed by atoms with Crippen LogP contribution in [-0.2, 0) is 0 Å². The lowest BCUT2D eigenvalue weighted by Gasteiger charge is -1.85. The molecule has 1 N–H and O–H groups in total. The van der Waals surface area contributed by atoms with Gasteiger partial charge in [-0.15, -0.1) is 0 Å². The van der Waals surface area contributed by atoms with Gasteiger partial charge in [0.2, 0.25) is 0 Å². The van der Waals surface area contributed by atoms with Crippen LogP contribution in [0.4, 0.5) is 0 Å². The number of aryl methyl sites for hydroxylation is 1. The predicted molar refractivity (Wildman–Crippen MR) is 45.5 cm³/mol. The van der Waals surface area contributed by atoms with Crippen molar-refractivity contribution in [2.75, 3.05) is 0 Å². The third-order valence-electron chi connectivity index (χ3n) is 0.898. The minimum atomic E-state index is 0.809. The van der Waals surface area contributed by atoms with E-state index in [1.165, 1.54) is 0 Å². The van der Waals surface area contributed by atoms with Gasteiger partial charge in [-0.3, -0.25) is 5.10 Å². The summed E-state index contributed by atoms with van der Waals surface area (Å²) in [6.07, 6.45) is 1.72. The Morgan fingerprint density at radius 1 is 1.50 bits per heavy atom. The largest absolute Gasteiger partial charge is 0.285 e. The predicted octanol–water partition coefficient (Wildman–Crippen LogP) is 2.47.